The Morgan fingerprint density at radius 3 is 2.44 bits per heavy atom. The van der Waals surface area contributed by atoms with Gasteiger partial charge in [-0.25, -0.2) is 8.42 Å². The van der Waals surface area contributed by atoms with Gasteiger partial charge in [-0.05, 0) is 13.0 Å². The average Bonchev–Trinajstić information content (AvgIpc) is 2.25. The summed E-state index contributed by atoms with van der Waals surface area (Å²) in [4.78, 5) is 0. The van der Waals surface area contributed by atoms with Gasteiger partial charge in [-0.15, -0.1) is 0 Å². The van der Waals surface area contributed by atoms with E-state index in [0.29, 0.717) is 26.2 Å². The molecule has 0 aliphatic rings. The van der Waals surface area contributed by atoms with Gasteiger partial charge in [0.05, 0.1) is 12.4 Å². The van der Waals surface area contributed by atoms with Crippen LogP contribution in [-0.2, 0) is 14.8 Å². The first-order valence-corrected chi connectivity index (χ1v) is 7.36. The highest BCUT2D eigenvalue weighted by Gasteiger charge is 2.19. The van der Waals surface area contributed by atoms with Crippen molar-refractivity contribution in [2.24, 2.45) is 0 Å². The molecule has 98 valence electrons. The molecule has 0 saturated heterocycles. The summed E-state index contributed by atoms with van der Waals surface area (Å²) in [5.74, 6) is 0.157. The van der Waals surface area contributed by atoms with Crippen molar-refractivity contribution in [3.8, 4) is 0 Å². The molecule has 0 bridgehead atoms. The maximum absolute atomic E-state index is 11.9. The maximum Gasteiger partial charge on any atom is 0.215 e. The second kappa shape index (κ2) is 8.92. The minimum Gasteiger partial charge on any atom is -0.383 e. The van der Waals surface area contributed by atoms with Gasteiger partial charge in [-0.3, -0.25) is 0 Å². The molecule has 16 heavy (non-hydrogen) atoms. The number of rotatable bonds is 10. The molecule has 5 nitrogen and oxygen atoms in total. The molecular weight excluding hydrogens is 228 g/mol. The third-order valence-electron chi connectivity index (χ3n) is 2.25. The summed E-state index contributed by atoms with van der Waals surface area (Å²) in [6.45, 7) is 6.64. The van der Waals surface area contributed by atoms with Gasteiger partial charge in [0.25, 0.3) is 0 Å². The Kier molecular flexibility index (Phi) is 8.83. The summed E-state index contributed by atoms with van der Waals surface area (Å²) >= 11 is 0. The minimum atomic E-state index is -3.13. The van der Waals surface area contributed by atoms with Crippen molar-refractivity contribution in [2.45, 2.75) is 20.3 Å². The fourth-order valence-electron chi connectivity index (χ4n) is 1.32. The van der Waals surface area contributed by atoms with Crippen molar-refractivity contribution in [3.05, 3.63) is 0 Å². The zero-order valence-corrected chi connectivity index (χ0v) is 11.3. The molecular formula is C10H24N2O3S. The maximum atomic E-state index is 11.9. The van der Waals surface area contributed by atoms with E-state index in [4.69, 9.17) is 4.74 Å². The van der Waals surface area contributed by atoms with Crippen LogP contribution in [0, 0.1) is 0 Å². The van der Waals surface area contributed by atoms with Gasteiger partial charge < -0.3 is 10.1 Å². The lowest BCUT2D eigenvalue weighted by Gasteiger charge is -2.20. The molecule has 6 heteroatoms. The molecule has 0 aliphatic heterocycles. The monoisotopic (exact) mass is 252 g/mol. The third-order valence-corrected chi connectivity index (χ3v) is 4.20. The van der Waals surface area contributed by atoms with Crippen LogP contribution in [0.5, 0.6) is 0 Å². The van der Waals surface area contributed by atoms with Crippen molar-refractivity contribution in [1.82, 2.24) is 9.62 Å². The Hall–Kier alpha value is -0.170. The summed E-state index contributed by atoms with van der Waals surface area (Å²) < 4.78 is 30.1. The summed E-state index contributed by atoms with van der Waals surface area (Å²) in [5, 5.41) is 3.09. The van der Waals surface area contributed by atoms with Crippen LogP contribution >= 0.6 is 0 Å². The lowest BCUT2D eigenvalue weighted by molar-refractivity contribution is 0.180. The van der Waals surface area contributed by atoms with Gasteiger partial charge >= 0.3 is 0 Å². The summed E-state index contributed by atoms with van der Waals surface area (Å²) in [5.41, 5.74) is 0. The molecule has 0 spiro atoms. The topological polar surface area (TPSA) is 58.6 Å². The number of hydrogen-bond donors (Lipinski definition) is 1. The second-order valence-corrected chi connectivity index (χ2v) is 5.64. The highest BCUT2D eigenvalue weighted by Crippen LogP contribution is 2.00. The molecule has 0 unspecified atom stereocenters. The smallest absolute Gasteiger partial charge is 0.215 e. The van der Waals surface area contributed by atoms with Crippen LogP contribution in [-0.4, -0.2) is 58.4 Å². The zero-order valence-electron chi connectivity index (χ0n) is 10.5. The summed E-state index contributed by atoms with van der Waals surface area (Å²) in [6.07, 6.45) is 1.02. The van der Waals surface area contributed by atoms with Crippen LogP contribution in [0.1, 0.15) is 20.3 Å². The predicted octanol–water partition coefficient (Wildman–Crippen LogP) is 0.284. The number of nitrogens with one attached hydrogen (secondary N) is 1. The van der Waals surface area contributed by atoms with E-state index in [1.807, 2.05) is 6.92 Å². The third kappa shape index (κ3) is 6.42. The van der Waals surface area contributed by atoms with E-state index in [9.17, 15) is 8.42 Å². The largest absolute Gasteiger partial charge is 0.383 e. The molecule has 0 aromatic heterocycles. The van der Waals surface area contributed by atoms with Crippen molar-refractivity contribution < 1.29 is 13.2 Å². The molecule has 0 atom stereocenters. The van der Waals surface area contributed by atoms with Crippen LogP contribution in [0.25, 0.3) is 0 Å². The molecule has 0 aliphatic carbocycles. The van der Waals surface area contributed by atoms with Crippen LogP contribution in [0.2, 0.25) is 0 Å². The van der Waals surface area contributed by atoms with Gasteiger partial charge in [-0.1, -0.05) is 13.8 Å². The normalized spacial score (nSPS) is 12.2. The first-order valence-electron chi connectivity index (χ1n) is 5.76. The number of ether oxygens (including phenoxy) is 1. The van der Waals surface area contributed by atoms with Gasteiger partial charge in [0.15, 0.2) is 0 Å². The molecule has 0 saturated carbocycles. The number of likely N-dealkylation sites (N-methyl/N-ethyl adjacent to an activating group) is 1. The Morgan fingerprint density at radius 1 is 1.25 bits per heavy atom. The van der Waals surface area contributed by atoms with Crippen LogP contribution in [0.15, 0.2) is 0 Å². The Balaban J connectivity index is 4.05. The van der Waals surface area contributed by atoms with Crippen molar-refractivity contribution in [3.63, 3.8) is 0 Å². The Bertz CT molecular complexity index is 255. The summed E-state index contributed by atoms with van der Waals surface area (Å²) in [7, 11) is -1.56. The van der Waals surface area contributed by atoms with E-state index in [0.717, 1.165) is 13.0 Å². The lowest BCUT2D eigenvalue weighted by atomic mass is 10.5. The van der Waals surface area contributed by atoms with Crippen molar-refractivity contribution in [2.75, 3.05) is 45.6 Å². The van der Waals surface area contributed by atoms with E-state index in [1.54, 1.807) is 7.11 Å². The molecule has 0 heterocycles. The van der Waals surface area contributed by atoms with E-state index < -0.39 is 10.0 Å². The van der Waals surface area contributed by atoms with E-state index in [1.165, 1.54) is 4.31 Å². The van der Waals surface area contributed by atoms with Gasteiger partial charge in [-0.2, -0.15) is 4.31 Å². The molecule has 0 aromatic carbocycles. The van der Waals surface area contributed by atoms with E-state index >= 15 is 0 Å². The first kappa shape index (κ1) is 15.8. The molecule has 0 amide bonds. The zero-order chi connectivity index (χ0) is 12.4. The minimum absolute atomic E-state index is 0.157. The fraction of sp³-hybridized carbons (Fsp3) is 1.00. The number of methoxy groups -OCH3 is 1. The SMILES string of the molecule is CCCNCCS(=O)(=O)N(CC)CCOC. The second-order valence-electron chi connectivity index (χ2n) is 3.55. The number of nitrogens with zero attached hydrogens (tertiary/aromatic N) is 1. The highest BCUT2D eigenvalue weighted by molar-refractivity contribution is 7.89. The van der Waals surface area contributed by atoms with Crippen LogP contribution < -0.4 is 5.32 Å². The predicted molar refractivity (Wildman–Crippen MR) is 66.1 cm³/mol. The molecule has 0 rings (SSSR count). The number of hydrogen-bond acceptors (Lipinski definition) is 4. The highest BCUT2D eigenvalue weighted by atomic mass is 32.2. The van der Waals surface area contributed by atoms with Crippen LogP contribution in [0.4, 0.5) is 0 Å². The van der Waals surface area contributed by atoms with Crippen molar-refractivity contribution >= 4 is 10.0 Å². The van der Waals surface area contributed by atoms with Gasteiger partial charge in [0.1, 0.15) is 0 Å². The quantitative estimate of drug-likeness (QED) is 0.568. The molecule has 0 aromatic rings. The van der Waals surface area contributed by atoms with Gasteiger partial charge in [0, 0.05) is 26.7 Å². The first-order chi connectivity index (χ1) is 7.58. The number of sulfonamides is 1. The Labute approximate surface area is 99.2 Å². The average molecular weight is 252 g/mol. The van der Waals surface area contributed by atoms with E-state index in [-0.39, 0.29) is 5.75 Å². The summed E-state index contributed by atoms with van der Waals surface area (Å²) in [6, 6.07) is 0. The molecule has 0 fully saturated rings. The fourth-order valence-corrected chi connectivity index (χ4v) is 2.73. The standard InChI is InChI=1S/C10H24N2O3S/c1-4-6-11-7-10-16(13,14)12(5-2)8-9-15-3/h11H,4-10H2,1-3H3. The molecule has 1 N–H and O–H groups in total. The lowest BCUT2D eigenvalue weighted by Crippen LogP contribution is -2.38. The van der Waals surface area contributed by atoms with E-state index in [2.05, 4.69) is 12.2 Å². The Morgan fingerprint density at radius 2 is 1.94 bits per heavy atom. The molecule has 0 radical (unpaired) electrons. The van der Waals surface area contributed by atoms with Crippen LogP contribution in [0.3, 0.4) is 0 Å². The van der Waals surface area contributed by atoms with Crippen molar-refractivity contribution in [1.29, 1.82) is 0 Å². The van der Waals surface area contributed by atoms with Gasteiger partial charge in [0.2, 0.25) is 10.0 Å².